The molecule has 0 unspecified atom stereocenters. The molecule has 0 spiro atoms. The maximum atomic E-state index is 12.2. The molecule has 1 amide bonds. The van der Waals surface area contributed by atoms with E-state index in [1.54, 1.807) is 59.7 Å². The molecule has 0 aliphatic heterocycles. The molecule has 0 radical (unpaired) electrons. The number of nitrogens with zero attached hydrogens (tertiary/aromatic N) is 3. The van der Waals surface area contributed by atoms with E-state index in [1.165, 1.54) is 12.3 Å². The molecule has 0 fully saturated rings. The Hall–Kier alpha value is -4.20. The van der Waals surface area contributed by atoms with E-state index in [1.807, 2.05) is 0 Å². The Morgan fingerprint density at radius 3 is 2.82 bits per heavy atom. The highest BCUT2D eigenvalue weighted by atomic mass is 16.4. The van der Waals surface area contributed by atoms with Crippen LogP contribution in [0.1, 0.15) is 15.9 Å². The second-order valence-corrected chi connectivity index (χ2v) is 5.94. The predicted octanol–water partition coefficient (Wildman–Crippen LogP) is 2.53. The first-order chi connectivity index (χ1) is 13.5. The zero-order valence-electron chi connectivity index (χ0n) is 14.4. The number of aromatic hydroxyl groups is 1. The first kappa shape index (κ1) is 17.2. The Kier molecular flexibility index (Phi) is 4.21. The summed E-state index contributed by atoms with van der Waals surface area (Å²) in [6.45, 7) is 0. The van der Waals surface area contributed by atoms with Gasteiger partial charge in [-0.25, -0.2) is 9.78 Å². The van der Waals surface area contributed by atoms with Gasteiger partial charge in [0.25, 0.3) is 5.91 Å². The summed E-state index contributed by atoms with van der Waals surface area (Å²) in [5, 5.41) is 10.8. The summed E-state index contributed by atoms with van der Waals surface area (Å²) >= 11 is 0. The molecule has 0 aliphatic rings. The van der Waals surface area contributed by atoms with E-state index in [-0.39, 0.29) is 22.5 Å². The SMILES string of the molecule is NC(=O)c1cc(N=Cc2c(O)c3ccccc3oc2=O)ccc1-n1ccnc1. The molecule has 0 atom stereocenters. The average molecular weight is 374 g/mol. The molecule has 28 heavy (non-hydrogen) atoms. The van der Waals surface area contributed by atoms with E-state index in [9.17, 15) is 14.7 Å². The maximum absolute atomic E-state index is 12.2. The third-order valence-corrected chi connectivity index (χ3v) is 4.19. The molecule has 8 nitrogen and oxygen atoms in total. The number of carbonyl (C=O) groups is 1. The second kappa shape index (κ2) is 6.84. The van der Waals surface area contributed by atoms with Gasteiger partial charge in [0.15, 0.2) is 0 Å². The van der Waals surface area contributed by atoms with Crippen molar-refractivity contribution in [2.75, 3.05) is 0 Å². The third kappa shape index (κ3) is 3.03. The Bertz CT molecular complexity index is 1270. The van der Waals surface area contributed by atoms with E-state index in [2.05, 4.69) is 9.98 Å². The number of primary amides is 1. The van der Waals surface area contributed by atoms with Crippen LogP contribution < -0.4 is 11.4 Å². The summed E-state index contributed by atoms with van der Waals surface area (Å²) < 4.78 is 6.85. The second-order valence-electron chi connectivity index (χ2n) is 5.94. The summed E-state index contributed by atoms with van der Waals surface area (Å²) in [5.74, 6) is -0.852. The summed E-state index contributed by atoms with van der Waals surface area (Å²) in [7, 11) is 0. The Balaban J connectivity index is 1.77. The van der Waals surface area contributed by atoms with E-state index in [0.29, 0.717) is 16.8 Å². The van der Waals surface area contributed by atoms with Crippen molar-refractivity contribution in [1.82, 2.24) is 9.55 Å². The lowest BCUT2D eigenvalue weighted by Gasteiger charge is -2.08. The van der Waals surface area contributed by atoms with Crippen LogP contribution in [-0.2, 0) is 0 Å². The van der Waals surface area contributed by atoms with E-state index < -0.39 is 11.5 Å². The minimum atomic E-state index is -0.717. The zero-order chi connectivity index (χ0) is 19.7. The van der Waals surface area contributed by atoms with E-state index in [0.717, 1.165) is 0 Å². The van der Waals surface area contributed by atoms with Crippen LogP contribution in [0.25, 0.3) is 16.7 Å². The molecular weight excluding hydrogens is 360 g/mol. The molecule has 2 heterocycles. The van der Waals surface area contributed by atoms with Gasteiger partial charge in [0.05, 0.1) is 28.7 Å². The number of hydrogen-bond donors (Lipinski definition) is 2. The van der Waals surface area contributed by atoms with Crippen LogP contribution in [0.3, 0.4) is 0 Å². The van der Waals surface area contributed by atoms with Gasteiger partial charge in [-0.2, -0.15) is 0 Å². The van der Waals surface area contributed by atoms with Crippen molar-refractivity contribution in [2.24, 2.45) is 10.7 Å². The molecule has 0 bridgehead atoms. The molecule has 2 aromatic heterocycles. The number of amides is 1. The largest absolute Gasteiger partial charge is 0.506 e. The number of benzene rings is 2. The summed E-state index contributed by atoms with van der Waals surface area (Å²) in [6, 6.07) is 11.5. The quantitative estimate of drug-likeness (QED) is 0.420. The Morgan fingerprint density at radius 2 is 2.07 bits per heavy atom. The van der Waals surface area contributed by atoms with Crippen LogP contribution in [0, 0.1) is 0 Å². The monoisotopic (exact) mass is 374 g/mol. The van der Waals surface area contributed by atoms with E-state index in [4.69, 9.17) is 10.2 Å². The van der Waals surface area contributed by atoms with Gasteiger partial charge < -0.3 is 19.8 Å². The molecular formula is C20H14N4O4. The maximum Gasteiger partial charge on any atom is 0.348 e. The molecule has 138 valence electrons. The van der Waals surface area contributed by atoms with Gasteiger partial charge in [-0.05, 0) is 30.3 Å². The number of aromatic nitrogens is 2. The Labute approximate surface area is 158 Å². The Morgan fingerprint density at radius 1 is 1.25 bits per heavy atom. The lowest BCUT2D eigenvalue weighted by molar-refractivity contribution is 0.100. The lowest BCUT2D eigenvalue weighted by atomic mass is 10.1. The standard InChI is InChI=1S/C20H14N4O4/c21-19(26)14-9-12(5-6-16(14)24-8-7-22-11-24)23-10-15-18(25)13-3-1-2-4-17(13)28-20(15)27/h1-11,25H,(H2,21,26). The fraction of sp³-hybridized carbons (Fsp3) is 0. The fourth-order valence-corrected chi connectivity index (χ4v) is 2.83. The highest BCUT2D eigenvalue weighted by Crippen LogP contribution is 2.26. The molecule has 4 aromatic rings. The van der Waals surface area contributed by atoms with Crippen molar-refractivity contribution in [3.8, 4) is 11.4 Å². The van der Waals surface area contributed by atoms with Gasteiger partial charge in [0.1, 0.15) is 16.9 Å². The molecule has 0 aliphatic carbocycles. The molecule has 4 rings (SSSR count). The number of aliphatic imine (C=N–C) groups is 1. The minimum absolute atomic E-state index is 0.0852. The van der Waals surface area contributed by atoms with Gasteiger partial charge in [-0.15, -0.1) is 0 Å². The van der Waals surface area contributed by atoms with Gasteiger partial charge >= 0.3 is 5.63 Å². The molecule has 2 aromatic carbocycles. The first-order valence-corrected chi connectivity index (χ1v) is 8.25. The average Bonchev–Trinajstić information content (AvgIpc) is 3.22. The summed E-state index contributed by atoms with van der Waals surface area (Å²) in [6.07, 6.45) is 6.01. The number of imidazole rings is 1. The topological polar surface area (TPSA) is 124 Å². The number of carbonyl (C=O) groups excluding carboxylic acids is 1. The number of nitrogens with two attached hydrogens (primary N) is 1. The zero-order valence-corrected chi connectivity index (χ0v) is 14.4. The lowest BCUT2D eigenvalue weighted by Crippen LogP contribution is -2.14. The van der Waals surface area contributed by atoms with Gasteiger partial charge in [-0.1, -0.05) is 12.1 Å². The highest BCUT2D eigenvalue weighted by Gasteiger charge is 2.13. The van der Waals surface area contributed by atoms with Crippen LogP contribution in [0.15, 0.2) is 75.4 Å². The smallest absolute Gasteiger partial charge is 0.348 e. The molecule has 3 N–H and O–H groups in total. The van der Waals surface area contributed by atoms with Crippen molar-refractivity contribution >= 4 is 28.8 Å². The summed E-state index contributed by atoms with van der Waals surface area (Å²) in [4.78, 5) is 32.1. The van der Waals surface area contributed by atoms with Gasteiger partial charge in [0, 0.05) is 18.6 Å². The molecule has 0 saturated heterocycles. The predicted molar refractivity (Wildman–Crippen MR) is 103 cm³/mol. The normalized spacial score (nSPS) is 11.3. The minimum Gasteiger partial charge on any atom is -0.506 e. The van der Waals surface area contributed by atoms with E-state index >= 15 is 0 Å². The van der Waals surface area contributed by atoms with Crippen molar-refractivity contribution in [2.45, 2.75) is 0 Å². The number of fused-ring (bicyclic) bond motifs is 1. The van der Waals surface area contributed by atoms with Crippen LogP contribution in [0.5, 0.6) is 5.75 Å². The molecule has 0 saturated carbocycles. The van der Waals surface area contributed by atoms with Crippen molar-refractivity contribution < 1.29 is 14.3 Å². The summed E-state index contributed by atoms with van der Waals surface area (Å²) in [5.41, 5.74) is 6.13. The van der Waals surface area contributed by atoms with Gasteiger partial charge in [0.2, 0.25) is 0 Å². The van der Waals surface area contributed by atoms with Crippen LogP contribution in [-0.4, -0.2) is 26.8 Å². The number of rotatable bonds is 4. The highest BCUT2D eigenvalue weighted by molar-refractivity contribution is 5.98. The van der Waals surface area contributed by atoms with Gasteiger partial charge in [-0.3, -0.25) is 9.79 Å². The van der Waals surface area contributed by atoms with Crippen LogP contribution in [0.2, 0.25) is 0 Å². The van der Waals surface area contributed by atoms with Crippen LogP contribution >= 0.6 is 0 Å². The third-order valence-electron chi connectivity index (χ3n) is 4.19. The number of hydrogen-bond acceptors (Lipinski definition) is 6. The number of para-hydroxylation sites is 1. The van der Waals surface area contributed by atoms with Crippen molar-refractivity contribution in [1.29, 1.82) is 0 Å². The molecule has 8 heteroatoms. The van der Waals surface area contributed by atoms with Crippen molar-refractivity contribution in [3.63, 3.8) is 0 Å². The van der Waals surface area contributed by atoms with Crippen molar-refractivity contribution in [3.05, 3.63) is 82.7 Å². The fourth-order valence-electron chi connectivity index (χ4n) is 2.83. The first-order valence-electron chi connectivity index (χ1n) is 8.25. The van der Waals surface area contributed by atoms with Crippen LogP contribution in [0.4, 0.5) is 5.69 Å².